The van der Waals surface area contributed by atoms with Gasteiger partial charge < -0.3 is 30.9 Å². The standard InChI is InChI=1S/C23H28ClN5O4/c1-28(2)13-20(31)12-25-16-7-9-17(10-8-16)26-22(32)21-11-19(30)14-29(21)23(33)27-18-5-3-15(24)4-6-18/h3-10,19,21,25,30H,11-14H2,1-2H3,(H,26,32)(H,27,33)/t19-,21-/m1/s1. The first-order valence-electron chi connectivity index (χ1n) is 10.5. The summed E-state index contributed by atoms with van der Waals surface area (Å²) in [4.78, 5) is 40.5. The fourth-order valence-electron chi connectivity index (χ4n) is 3.52. The minimum absolute atomic E-state index is 0.0569. The molecule has 0 radical (unpaired) electrons. The van der Waals surface area contributed by atoms with Crippen molar-refractivity contribution >= 4 is 46.4 Å². The monoisotopic (exact) mass is 473 g/mol. The number of urea groups is 1. The lowest BCUT2D eigenvalue weighted by Crippen LogP contribution is -2.45. The van der Waals surface area contributed by atoms with Crippen LogP contribution in [0.3, 0.4) is 0 Å². The minimum atomic E-state index is -0.811. The Kier molecular flexibility index (Phi) is 8.26. The van der Waals surface area contributed by atoms with Gasteiger partial charge in [-0.05, 0) is 62.6 Å². The molecule has 1 heterocycles. The van der Waals surface area contributed by atoms with Crippen molar-refractivity contribution in [3.63, 3.8) is 0 Å². The molecule has 2 atom stereocenters. The summed E-state index contributed by atoms with van der Waals surface area (Å²) in [5.41, 5.74) is 1.84. The van der Waals surface area contributed by atoms with Crippen LogP contribution in [0.4, 0.5) is 21.9 Å². The van der Waals surface area contributed by atoms with Crippen molar-refractivity contribution in [1.82, 2.24) is 9.80 Å². The number of amides is 3. The zero-order valence-electron chi connectivity index (χ0n) is 18.5. The number of nitrogens with zero attached hydrogens (tertiary/aromatic N) is 2. The van der Waals surface area contributed by atoms with Gasteiger partial charge in [-0.15, -0.1) is 0 Å². The quantitative estimate of drug-likeness (QED) is 0.468. The Morgan fingerprint density at radius 3 is 2.21 bits per heavy atom. The highest BCUT2D eigenvalue weighted by atomic mass is 35.5. The maximum absolute atomic E-state index is 12.8. The van der Waals surface area contributed by atoms with Crippen LogP contribution in [0.1, 0.15) is 6.42 Å². The summed E-state index contributed by atoms with van der Waals surface area (Å²) in [6.07, 6.45) is -0.643. The van der Waals surface area contributed by atoms with Gasteiger partial charge in [0.05, 0.1) is 19.2 Å². The molecule has 33 heavy (non-hydrogen) atoms. The Balaban J connectivity index is 1.57. The van der Waals surface area contributed by atoms with Crippen molar-refractivity contribution < 1.29 is 19.5 Å². The maximum atomic E-state index is 12.8. The second-order valence-electron chi connectivity index (χ2n) is 8.19. The number of hydrogen-bond acceptors (Lipinski definition) is 6. The Morgan fingerprint density at radius 1 is 1.00 bits per heavy atom. The van der Waals surface area contributed by atoms with Crippen LogP contribution in [0.2, 0.25) is 5.02 Å². The first-order valence-corrected chi connectivity index (χ1v) is 10.9. The molecule has 0 saturated carbocycles. The highest BCUT2D eigenvalue weighted by Gasteiger charge is 2.39. The van der Waals surface area contributed by atoms with Crippen molar-refractivity contribution in [2.45, 2.75) is 18.6 Å². The molecule has 1 fully saturated rings. The van der Waals surface area contributed by atoms with Crippen LogP contribution < -0.4 is 16.0 Å². The van der Waals surface area contributed by atoms with Crippen molar-refractivity contribution in [3.05, 3.63) is 53.6 Å². The summed E-state index contributed by atoms with van der Waals surface area (Å²) in [5.74, 6) is -0.325. The van der Waals surface area contributed by atoms with Gasteiger partial charge in [0.25, 0.3) is 0 Å². The molecule has 1 aliphatic rings. The Morgan fingerprint density at radius 2 is 1.58 bits per heavy atom. The summed E-state index contributed by atoms with van der Waals surface area (Å²) in [6.45, 7) is 0.624. The van der Waals surface area contributed by atoms with Crippen LogP contribution >= 0.6 is 11.6 Å². The number of halogens is 1. The molecule has 0 bridgehead atoms. The summed E-state index contributed by atoms with van der Waals surface area (Å²) < 4.78 is 0. The molecule has 1 aliphatic heterocycles. The molecule has 1 saturated heterocycles. The van der Waals surface area contributed by atoms with E-state index in [2.05, 4.69) is 16.0 Å². The van der Waals surface area contributed by atoms with Gasteiger partial charge in [0.1, 0.15) is 6.04 Å². The van der Waals surface area contributed by atoms with Crippen LogP contribution in [-0.2, 0) is 9.59 Å². The van der Waals surface area contributed by atoms with Crippen LogP contribution in [-0.4, -0.2) is 78.5 Å². The Hall–Kier alpha value is -3.14. The third-order valence-corrected chi connectivity index (χ3v) is 5.32. The SMILES string of the molecule is CN(C)CC(=O)CNc1ccc(NC(=O)[C@H]2C[C@@H](O)CN2C(=O)Nc2ccc(Cl)cc2)cc1. The van der Waals surface area contributed by atoms with Gasteiger partial charge in [0.15, 0.2) is 5.78 Å². The van der Waals surface area contributed by atoms with Gasteiger partial charge in [-0.25, -0.2) is 4.79 Å². The number of hydrogen-bond donors (Lipinski definition) is 4. The van der Waals surface area contributed by atoms with Gasteiger partial charge in [0, 0.05) is 35.1 Å². The van der Waals surface area contributed by atoms with E-state index in [4.69, 9.17) is 11.6 Å². The lowest BCUT2D eigenvalue weighted by atomic mass is 10.1. The lowest BCUT2D eigenvalue weighted by molar-refractivity contribution is -0.119. The van der Waals surface area contributed by atoms with Gasteiger partial charge in [-0.3, -0.25) is 9.59 Å². The number of carbonyl (C=O) groups excluding carboxylic acids is 3. The lowest BCUT2D eigenvalue weighted by Gasteiger charge is -2.24. The third kappa shape index (κ3) is 7.18. The molecule has 2 aromatic carbocycles. The van der Waals surface area contributed by atoms with Crippen LogP contribution in [0.5, 0.6) is 0 Å². The molecule has 3 amide bonds. The molecule has 0 unspecified atom stereocenters. The number of aliphatic hydroxyl groups is 1. The van der Waals surface area contributed by atoms with E-state index in [-0.39, 0.29) is 31.2 Å². The van der Waals surface area contributed by atoms with Gasteiger partial charge in [0.2, 0.25) is 5.91 Å². The number of aliphatic hydroxyl groups excluding tert-OH is 1. The zero-order chi connectivity index (χ0) is 24.0. The van der Waals surface area contributed by atoms with E-state index >= 15 is 0 Å². The second kappa shape index (κ2) is 11.1. The van der Waals surface area contributed by atoms with Crippen LogP contribution in [0.15, 0.2) is 48.5 Å². The third-order valence-electron chi connectivity index (χ3n) is 5.07. The second-order valence-corrected chi connectivity index (χ2v) is 8.63. The van der Waals surface area contributed by atoms with E-state index < -0.39 is 18.2 Å². The molecule has 0 aliphatic carbocycles. The molecular weight excluding hydrogens is 446 g/mol. The van der Waals surface area contributed by atoms with E-state index in [9.17, 15) is 19.5 Å². The fourth-order valence-corrected chi connectivity index (χ4v) is 3.65. The molecule has 176 valence electrons. The van der Waals surface area contributed by atoms with Gasteiger partial charge >= 0.3 is 6.03 Å². The summed E-state index contributed by atoms with van der Waals surface area (Å²) >= 11 is 5.87. The van der Waals surface area contributed by atoms with Gasteiger partial charge in [-0.2, -0.15) is 0 Å². The van der Waals surface area contributed by atoms with Crippen LogP contribution in [0, 0.1) is 0 Å². The van der Waals surface area contributed by atoms with Crippen LogP contribution in [0.25, 0.3) is 0 Å². The summed E-state index contributed by atoms with van der Waals surface area (Å²) in [5, 5.41) is 19.2. The number of likely N-dealkylation sites (N-methyl/N-ethyl adjacent to an activating group) is 1. The number of ketones is 1. The number of likely N-dealkylation sites (tertiary alicyclic amines) is 1. The van der Waals surface area contributed by atoms with Gasteiger partial charge in [-0.1, -0.05) is 11.6 Å². The highest BCUT2D eigenvalue weighted by Crippen LogP contribution is 2.22. The first-order chi connectivity index (χ1) is 15.7. The number of rotatable bonds is 8. The number of carbonyl (C=O) groups is 3. The van der Waals surface area contributed by atoms with E-state index in [1.54, 1.807) is 48.5 Å². The number of β-amino-alcohol motifs (C(OH)–C–C–N with tert-alkyl or cyclic N) is 1. The Bertz CT molecular complexity index is 981. The molecular formula is C23H28ClN5O4. The molecule has 0 aromatic heterocycles. The number of nitrogens with one attached hydrogen (secondary N) is 3. The first kappa shape index (κ1) is 24.5. The summed E-state index contributed by atoms with van der Waals surface area (Å²) in [7, 11) is 3.67. The average Bonchev–Trinajstić information content (AvgIpc) is 3.16. The number of Topliss-reactive ketones (excluding diaryl/α,β-unsaturated/α-hetero) is 1. The molecule has 0 spiro atoms. The van der Waals surface area contributed by atoms with E-state index in [1.807, 2.05) is 19.0 Å². The molecule has 3 rings (SSSR count). The molecule has 4 N–H and O–H groups in total. The van der Waals surface area contributed by atoms with Crippen molar-refractivity contribution in [2.75, 3.05) is 49.7 Å². The van der Waals surface area contributed by atoms with E-state index in [0.29, 0.717) is 22.9 Å². The van der Waals surface area contributed by atoms with Crippen molar-refractivity contribution in [2.24, 2.45) is 0 Å². The van der Waals surface area contributed by atoms with E-state index in [1.165, 1.54) is 4.90 Å². The molecule has 2 aromatic rings. The average molecular weight is 474 g/mol. The largest absolute Gasteiger partial charge is 0.391 e. The molecule has 9 nitrogen and oxygen atoms in total. The normalized spacial score (nSPS) is 17.7. The highest BCUT2D eigenvalue weighted by molar-refractivity contribution is 6.30. The molecule has 10 heteroatoms. The predicted molar refractivity (Wildman–Crippen MR) is 129 cm³/mol. The zero-order valence-corrected chi connectivity index (χ0v) is 19.3. The smallest absolute Gasteiger partial charge is 0.322 e. The summed E-state index contributed by atoms with van der Waals surface area (Å²) in [6, 6.07) is 12.3. The number of anilines is 3. The van der Waals surface area contributed by atoms with Crippen molar-refractivity contribution in [1.29, 1.82) is 0 Å². The predicted octanol–water partition coefficient (Wildman–Crippen LogP) is 2.49. The Labute approximate surface area is 197 Å². The van der Waals surface area contributed by atoms with E-state index in [0.717, 1.165) is 5.69 Å². The topological polar surface area (TPSA) is 114 Å². The minimum Gasteiger partial charge on any atom is -0.391 e. The maximum Gasteiger partial charge on any atom is 0.322 e. The number of benzene rings is 2. The fraction of sp³-hybridized carbons (Fsp3) is 0.348. The van der Waals surface area contributed by atoms with Crippen molar-refractivity contribution in [3.8, 4) is 0 Å².